The lowest BCUT2D eigenvalue weighted by Crippen LogP contribution is -2.71. The van der Waals surface area contributed by atoms with E-state index >= 15 is 0 Å². The van der Waals surface area contributed by atoms with Gasteiger partial charge >= 0.3 is 11.9 Å². The van der Waals surface area contributed by atoms with Crippen molar-refractivity contribution in [1.82, 2.24) is 20.2 Å². The number of carbonyl (C=O) groups excluding carboxylic acids is 2. The van der Waals surface area contributed by atoms with Crippen LogP contribution in [0.15, 0.2) is 49.7 Å². The number of nitrogens with zero attached hydrogens (tertiary/aromatic N) is 4. The molecule has 0 spiro atoms. The Morgan fingerprint density at radius 1 is 1.26 bits per heavy atom. The summed E-state index contributed by atoms with van der Waals surface area (Å²) in [5.74, 6) is -3.75. The smallest absolute Gasteiger partial charge is 0.353 e. The maximum absolute atomic E-state index is 13.0. The summed E-state index contributed by atoms with van der Waals surface area (Å²) in [6.45, 7) is -0.799. The van der Waals surface area contributed by atoms with Crippen molar-refractivity contribution in [3.05, 3.63) is 45.9 Å². The number of carbonyl (C=O) groups is 4. The highest BCUT2D eigenvalue weighted by molar-refractivity contribution is 8.07. The molecule has 2 aromatic heterocycles. The molecule has 2 amide bonds. The Balaban J connectivity index is 1.34. The second kappa shape index (κ2) is 10.6. The Labute approximate surface area is 229 Å². The molecule has 2 aliphatic rings. The number of hydrogen-bond acceptors (Lipinski definition) is 13. The van der Waals surface area contributed by atoms with Crippen LogP contribution in [-0.4, -0.2) is 78.3 Å². The number of benzene rings is 1. The summed E-state index contributed by atoms with van der Waals surface area (Å²) >= 11 is 4.95. The lowest BCUT2D eigenvalue weighted by atomic mass is 10.0. The van der Waals surface area contributed by atoms with Gasteiger partial charge in [0.1, 0.15) is 22.8 Å². The zero-order valence-electron chi connectivity index (χ0n) is 18.9. The average molecular weight is 593 g/mol. The number of para-hydroxylation sites is 1. The van der Waals surface area contributed by atoms with Crippen LogP contribution in [0.2, 0.25) is 0 Å². The molecule has 5 N–H and O–H groups in total. The topological polar surface area (TPSA) is 197 Å². The van der Waals surface area contributed by atoms with Crippen LogP contribution in [0.4, 0.5) is 5.13 Å². The third-order valence-electron chi connectivity index (χ3n) is 5.23. The molecule has 0 radical (unpaired) electrons. The van der Waals surface area contributed by atoms with E-state index in [1.807, 2.05) is 24.3 Å². The molecule has 3 aromatic rings. The molecule has 38 heavy (non-hydrogen) atoms. The van der Waals surface area contributed by atoms with Crippen LogP contribution in [0.25, 0.3) is 10.2 Å². The number of aliphatic carboxylic acids is 2. The SMILES string of the molecule is Nc1nc(/C(=N/OCC(=O)O)C(=O)NC2C(=O)N3C(C(=O)O)=C(Sc4nc5ccccc5s4)CS[C@H]23)cs1. The van der Waals surface area contributed by atoms with E-state index in [4.69, 9.17) is 15.7 Å². The number of amides is 2. The first-order chi connectivity index (χ1) is 18.2. The molecule has 1 fully saturated rings. The number of nitrogens with one attached hydrogen (secondary N) is 1. The van der Waals surface area contributed by atoms with Crippen molar-refractivity contribution < 1.29 is 34.2 Å². The lowest BCUT2D eigenvalue weighted by Gasteiger charge is -2.49. The summed E-state index contributed by atoms with van der Waals surface area (Å²) in [6, 6.07) is 6.50. The van der Waals surface area contributed by atoms with E-state index in [2.05, 4.69) is 20.4 Å². The van der Waals surface area contributed by atoms with E-state index in [-0.39, 0.29) is 28.0 Å². The Hall–Kier alpha value is -3.67. The number of aromatic nitrogens is 2. The predicted octanol–water partition coefficient (Wildman–Crippen LogP) is 1.63. The van der Waals surface area contributed by atoms with Gasteiger partial charge in [-0.1, -0.05) is 29.1 Å². The molecule has 2 atom stereocenters. The monoisotopic (exact) mass is 592 g/mol. The summed E-state index contributed by atoms with van der Waals surface area (Å²) < 4.78 is 1.62. The molecular formula is C21H16N6O7S4. The van der Waals surface area contributed by atoms with Gasteiger partial charge in [0.25, 0.3) is 11.8 Å². The molecule has 2 aliphatic heterocycles. The predicted molar refractivity (Wildman–Crippen MR) is 142 cm³/mol. The number of nitrogen functional groups attached to an aromatic ring is 1. The molecule has 0 bridgehead atoms. The molecule has 17 heteroatoms. The highest BCUT2D eigenvalue weighted by atomic mass is 32.2. The number of thioether (sulfide) groups is 2. The van der Waals surface area contributed by atoms with Crippen LogP contribution in [0.1, 0.15) is 5.69 Å². The van der Waals surface area contributed by atoms with Crippen LogP contribution in [0.3, 0.4) is 0 Å². The zero-order chi connectivity index (χ0) is 27.0. The number of carboxylic acids is 2. The highest BCUT2D eigenvalue weighted by Crippen LogP contribution is 2.46. The fourth-order valence-electron chi connectivity index (χ4n) is 3.63. The fraction of sp³-hybridized carbons (Fsp3) is 0.190. The van der Waals surface area contributed by atoms with Gasteiger partial charge in [-0.2, -0.15) is 0 Å². The van der Waals surface area contributed by atoms with E-state index in [1.54, 1.807) is 0 Å². The Morgan fingerprint density at radius 2 is 2.05 bits per heavy atom. The number of β-lactam (4-membered cyclic amide) rings is 1. The van der Waals surface area contributed by atoms with Gasteiger partial charge in [0.15, 0.2) is 15.2 Å². The number of fused-ring (bicyclic) bond motifs is 2. The normalized spacial score (nSPS) is 19.2. The van der Waals surface area contributed by atoms with Crippen molar-refractivity contribution in [1.29, 1.82) is 0 Å². The average Bonchev–Trinajstić information content (AvgIpc) is 3.49. The minimum absolute atomic E-state index is 0.0379. The van der Waals surface area contributed by atoms with Gasteiger partial charge in [-0.15, -0.1) is 34.4 Å². The lowest BCUT2D eigenvalue weighted by molar-refractivity contribution is -0.150. The molecule has 4 heterocycles. The Kier molecular flexibility index (Phi) is 7.24. The second-order valence-electron chi connectivity index (χ2n) is 7.67. The molecule has 0 aliphatic carbocycles. The van der Waals surface area contributed by atoms with Crippen LogP contribution in [0, 0.1) is 0 Å². The van der Waals surface area contributed by atoms with Crippen molar-refractivity contribution in [2.75, 3.05) is 18.1 Å². The van der Waals surface area contributed by atoms with Crippen molar-refractivity contribution in [2.24, 2.45) is 5.16 Å². The van der Waals surface area contributed by atoms with Crippen molar-refractivity contribution in [3.63, 3.8) is 0 Å². The molecule has 5 rings (SSSR count). The number of oxime groups is 1. The van der Waals surface area contributed by atoms with Gasteiger partial charge < -0.3 is 26.1 Å². The van der Waals surface area contributed by atoms with E-state index in [9.17, 15) is 24.3 Å². The maximum atomic E-state index is 13.0. The summed E-state index contributed by atoms with van der Waals surface area (Å²) in [5.41, 5.74) is 5.95. The first-order valence-corrected chi connectivity index (χ1v) is 14.2. The second-order valence-corrected chi connectivity index (χ2v) is 12.0. The minimum atomic E-state index is -1.30. The van der Waals surface area contributed by atoms with Crippen molar-refractivity contribution in [2.45, 2.75) is 15.8 Å². The standard InChI is InChI=1S/C21H16N6O7S4/c22-20-23-9(6-36-20)13(26-34-5-12(28)29)16(30)25-14-17(31)27-15(19(32)33)11(7-35-18(14)27)38-21-24-8-3-1-2-4-10(8)37-21/h1-4,6,14,18H,5,7H2,(H2,22,23)(H,25,30)(H,28,29)(H,32,33)/b26-13-/t14?,18-/m1/s1. The summed E-state index contributed by atoms with van der Waals surface area (Å²) in [7, 11) is 0. The molecule has 13 nitrogen and oxygen atoms in total. The molecule has 196 valence electrons. The quantitative estimate of drug-likeness (QED) is 0.159. The van der Waals surface area contributed by atoms with E-state index in [0.29, 0.717) is 9.24 Å². The first-order valence-electron chi connectivity index (χ1n) is 10.6. The first kappa shape index (κ1) is 26.0. The van der Waals surface area contributed by atoms with Crippen LogP contribution < -0.4 is 11.1 Å². The number of rotatable bonds is 9. The number of anilines is 1. The van der Waals surface area contributed by atoms with Crippen LogP contribution in [-0.2, 0) is 24.0 Å². The summed E-state index contributed by atoms with van der Waals surface area (Å²) in [5, 5.41) is 25.7. The third-order valence-corrected chi connectivity index (χ3v) is 9.55. The van der Waals surface area contributed by atoms with Gasteiger partial charge in [-0.05, 0) is 12.1 Å². The van der Waals surface area contributed by atoms with E-state index < -0.39 is 41.8 Å². The van der Waals surface area contributed by atoms with Gasteiger partial charge in [0.05, 0.1) is 10.2 Å². The van der Waals surface area contributed by atoms with Crippen molar-refractivity contribution in [3.8, 4) is 0 Å². The fourth-order valence-corrected chi connectivity index (χ4v) is 7.89. The largest absolute Gasteiger partial charge is 0.479 e. The number of thiazole rings is 2. The van der Waals surface area contributed by atoms with Gasteiger partial charge in [0.2, 0.25) is 6.61 Å². The molecular weight excluding hydrogens is 577 g/mol. The van der Waals surface area contributed by atoms with Gasteiger partial charge in [-0.3, -0.25) is 14.5 Å². The summed E-state index contributed by atoms with van der Waals surface area (Å²) in [6.07, 6.45) is 0. The van der Waals surface area contributed by atoms with Gasteiger partial charge in [-0.25, -0.2) is 19.6 Å². The molecule has 1 saturated heterocycles. The molecule has 0 saturated carbocycles. The minimum Gasteiger partial charge on any atom is -0.479 e. The summed E-state index contributed by atoms with van der Waals surface area (Å²) in [4.78, 5) is 63.8. The molecule has 1 unspecified atom stereocenters. The molecule has 1 aromatic carbocycles. The number of carboxylic acid groups (broad SMARTS) is 2. The number of hydrogen-bond donors (Lipinski definition) is 4. The Morgan fingerprint density at radius 3 is 2.74 bits per heavy atom. The number of nitrogens with two attached hydrogens (primary N) is 1. The zero-order valence-corrected chi connectivity index (χ0v) is 22.2. The van der Waals surface area contributed by atoms with Gasteiger partial charge in [0, 0.05) is 16.0 Å². The maximum Gasteiger partial charge on any atom is 0.353 e. The van der Waals surface area contributed by atoms with E-state index in [0.717, 1.165) is 26.5 Å². The Bertz CT molecular complexity index is 1500. The van der Waals surface area contributed by atoms with Crippen molar-refractivity contribution >= 4 is 91.0 Å². The van der Waals surface area contributed by atoms with Crippen LogP contribution >= 0.6 is 46.2 Å². The highest BCUT2D eigenvalue weighted by Gasteiger charge is 2.54. The van der Waals surface area contributed by atoms with Crippen LogP contribution in [0.5, 0.6) is 0 Å². The third kappa shape index (κ3) is 5.04. The van der Waals surface area contributed by atoms with E-state index in [1.165, 1.54) is 40.2 Å².